The van der Waals surface area contributed by atoms with E-state index in [-0.39, 0.29) is 11.9 Å². The highest BCUT2D eigenvalue weighted by atomic mass is 16.2. The van der Waals surface area contributed by atoms with Crippen LogP contribution in [0.15, 0.2) is 42.6 Å². The predicted molar refractivity (Wildman–Crippen MR) is 119 cm³/mol. The number of para-hydroxylation sites is 1. The van der Waals surface area contributed by atoms with E-state index in [1.165, 1.54) is 32.1 Å². The third-order valence-electron chi connectivity index (χ3n) is 5.32. The monoisotopic (exact) mass is 395 g/mol. The van der Waals surface area contributed by atoms with Crippen LogP contribution >= 0.6 is 0 Å². The largest absolute Gasteiger partial charge is 0.358 e. The van der Waals surface area contributed by atoms with Crippen molar-refractivity contribution in [3.05, 3.63) is 42.6 Å². The molecular weight excluding hydrogens is 362 g/mol. The maximum Gasteiger partial charge on any atom is 0.246 e. The number of benzene rings is 1. The summed E-state index contributed by atoms with van der Waals surface area (Å²) in [5, 5.41) is 9.67. The van der Waals surface area contributed by atoms with Crippen LogP contribution < -0.4 is 16.0 Å². The number of hydrogen-bond donors (Lipinski definition) is 3. The molecule has 156 valence electrons. The van der Waals surface area contributed by atoms with Gasteiger partial charge in [-0.25, -0.2) is 4.98 Å². The average molecular weight is 396 g/mol. The lowest BCUT2D eigenvalue weighted by Crippen LogP contribution is -2.36. The number of nitrogens with zero attached hydrogens (tertiary/aromatic N) is 2. The Morgan fingerprint density at radius 1 is 1.10 bits per heavy atom. The number of anilines is 3. The van der Waals surface area contributed by atoms with Crippen molar-refractivity contribution in [1.82, 2.24) is 9.97 Å². The van der Waals surface area contributed by atoms with Crippen molar-refractivity contribution in [3.63, 3.8) is 0 Å². The van der Waals surface area contributed by atoms with Gasteiger partial charge in [0.15, 0.2) is 0 Å². The van der Waals surface area contributed by atoms with E-state index in [4.69, 9.17) is 0 Å². The molecule has 0 saturated heterocycles. The molecule has 3 N–H and O–H groups in total. The quantitative estimate of drug-likeness (QED) is 0.561. The Bertz CT molecular complexity index is 759. The lowest BCUT2D eigenvalue weighted by Gasteiger charge is -2.22. The molecule has 1 saturated carbocycles. The third-order valence-corrected chi connectivity index (χ3v) is 5.32. The first-order chi connectivity index (χ1) is 14.1. The Labute approximate surface area is 173 Å². The molecule has 1 amide bonds. The van der Waals surface area contributed by atoms with Gasteiger partial charge in [0.05, 0.1) is 0 Å². The fourth-order valence-electron chi connectivity index (χ4n) is 3.78. The standard InChI is InChI=1S/C23H33N5O/c1-17(2)15-20(22(29)26-19-11-7-4-8-12-19)27-21-13-14-24-23(28-21)25-16-18-9-5-3-6-10-18/h4,7-8,11-14,17-18,20H,3,5-6,9-10,15-16H2,1-2H3,(H,26,29)(H2,24,25,27,28)/t20-/m0/s1. The van der Waals surface area contributed by atoms with Crippen molar-refractivity contribution in [2.75, 3.05) is 22.5 Å². The number of carbonyl (C=O) groups is 1. The summed E-state index contributed by atoms with van der Waals surface area (Å²) < 4.78 is 0. The molecule has 2 aromatic rings. The van der Waals surface area contributed by atoms with E-state index in [9.17, 15) is 4.79 Å². The minimum atomic E-state index is -0.365. The summed E-state index contributed by atoms with van der Waals surface area (Å²) in [4.78, 5) is 21.8. The Kier molecular flexibility index (Phi) is 7.85. The molecule has 6 heteroatoms. The highest BCUT2D eigenvalue weighted by Gasteiger charge is 2.21. The van der Waals surface area contributed by atoms with Crippen molar-refractivity contribution < 1.29 is 4.79 Å². The predicted octanol–water partition coefficient (Wildman–Crippen LogP) is 4.93. The van der Waals surface area contributed by atoms with Crippen LogP contribution in [0.4, 0.5) is 17.5 Å². The summed E-state index contributed by atoms with van der Waals surface area (Å²) >= 11 is 0. The molecule has 1 fully saturated rings. The third kappa shape index (κ3) is 7.04. The molecule has 29 heavy (non-hydrogen) atoms. The van der Waals surface area contributed by atoms with Crippen molar-refractivity contribution in [3.8, 4) is 0 Å². The van der Waals surface area contributed by atoms with Crippen LogP contribution in [0.5, 0.6) is 0 Å². The highest BCUT2D eigenvalue weighted by molar-refractivity contribution is 5.96. The zero-order valence-electron chi connectivity index (χ0n) is 17.5. The molecule has 0 radical (unpaired) electrons. The van der Waals surface area contributed by atoms with Gasteiger partial charge in [0.1, 0.15) is 11.9 Å². The van der Waals surface area contributed by atoms with Gasteiger partial charge in [0, 0.05) is 18.4 Å². The molecular formula is C23H33N5O. The van der Waals surface area contributed by atoms with Crippen molar-refractivity contribution >= 4 is 23.4 Å². The molecule has 0 aliphatic heterocycles. The Balaban J connectivity index is 1.61. The first kappa shape index (κ1) is 21.1. The van der Waals surface area contributed by atoms with Crippen molar-refractivity contribution in [1.29, 1.82) is 0 Å². The fourth-order valence-corrected chi connectivity index (χ4v) is 3.78. The van der Waals surface area contributed by atoms with E-state index < -0.39 is 0 Å². The molecule has 1 aliphatic rings. The molecule has 0 bridgehead atoms. The first-order valence-electron chi connectivity index (χ1n) is 10.8. The van der Waals surface area contributed by atoms with E-state index in [1.807, 2.05) is 36.4 Å². The second-order valence-electron chi connectivity index (χ2n) is 8.33. The van der Waals surface area contributed by atoms with Crippen LogP contribution in [0.25, 0.3) is 0 Å². The van der Waals surface area contributed by atoms with Crippen LogP contribution in [0, 0.1) is 11.8 Å². The summed E-state index contributed by atoms with van der Waals surface area (Å²) in [7, 11) is 0. The van der Waals surface area contributed by atoms with Gasteiger partial charge in [-0.3, -0.25) is 4.79 Å². The van der Waals surface area contributed by atoms with Gasteiger partial charge < -0.3 is 16.0 Å². The van der Waals surface area contributed by atoms with Gasteiger partial charge in [0.2, 0.25) is 11.9 Å². The molecule has 1 aliphatic carbocycles. The number of nitrogens with one attached hydrogen (secondary N) is 3. The maximum absolute atomic E-state index is 12.8. The van der Waals surface area contributed by atoms with E-state index in [2.05, 4.69) is 39.8 Å². The second kappa shape index (κ2) is 10.8. The SMILES string of the molecule is CC(C)C[C@H](Nc1ccnc(NCC2CCCCC2)n1)C(=O)Nc1ccccc1. The lowest BCUT2D eigenvalue weighted by molar-refractivity contribution is -0.117. The van der Waals surface area contributed by atoms with Crippen LogP contribution in [-0.2, 0) is 4.79 Å². The molecule has 1 atom stereocenters. The fraction of sp³-hybridized carbons (Fsp3) is 0.522. The summed E-state index contributed by atoms with van der Waals surface area (Å²) in [6.07, 6.45) is 9.01. The van der Waals surface area contributed by atoms with Crippen LogP contribution in [-0.4, -0.2) is 28.5 Å². The van der Waals surface area contributed by atoms with Crippen LogP contribution in [0.3, 0.4) is 0 Å². The van der Waals surface area contributed by atoms with Crippen molar-refractivity contribution in [2.45, 2.75) is 58.4 Å². The first-order valence-corrected chi connectivity index (χ1v) is 10.8. The van der Waals surface area contributed by atoms with E-state index in [0.29, 0.717) is 30.0 Å². The smallest absolute Gasteiger partial charge is 0.246 e. The summed E-state index contributed by atoms with van der Waals surface area (Å²) in [6.45, 7) is 5.14. The maximum atomic E-state index is 12.8. The molecule has 6 nitrogen and oxygen atoms in total. The molecule has 3 rings (SSSR count). The molecule has 0 spiro atoms. The van der Waals surface area contributed by atoms with E-state index in [1.54, 1.807) is 6.20 Å². The van der Waals surface area contributed by atoms with Gasteiger partial charge in [-0.05, 0) is 49.3 Å². The average Bonchev–Trinajstić information content (AvgIpc) is 2.73. The molecule has 1 heterocycles. The van der Waals surface area contributed by atoms with Gasteiger partial charge in [-0.1, -0.05) is 51.3 Å². The topological polar surface area (TPSA) is 78.9 Å². The van der Waals surface area contributed by atoms with Gasteiger partial charge in [-0.2, -0.15) is 4.98 Å². The molecule has 0 unspecified atom stereocenters. The second-order valence-corrected chi connectivity index (χ2v) is 8.33. The Hall–Kier alpha value is -2.63. The lowest BCUT2D eigenvalue weighted by atomic mass is 9.89. The van der Waals surface area contributed by atoms with Gasteiger partial charge >= 0.3 is 0 Å². The van der Waals surface area contributed by atoms with E-state index >= 15 is 0 Å². The zero-order valence-corrected chi connectivity index (χ0v) is 17.5. The summed E-state index contributed by atoms with van der Waals surface area (Å²) in [5.41, 5.74) is 0.797. The number of rotatable bonds is 9. The van der Waals surface area contributed by atoms with Crippen LogP contribution in [0.2, 0.25) is 0 Å². The number of carbonyl (C=O) groups excluding carboxylic acids is 1. The van der Waals surface area contributed by atoms with Gasteiger partial charge in [-0.15, -0.1) is 0 Å². The molecule has 1 aromatic heterocycles. The minimum Gasteiger partial charge on any atom is -0.358 e. The Morgan fingerprint density at radius 2 is 1.86 bits per heavy atom. The number of aromatic nitrogens is 2. The minimum absolute atomic E-state index is 0.0553. The Morgan fingerprint density at radius 3 is 2.59 bits per heavy atom. The van der Waals surface area contributed by atoms with Crippen LogP contribution in [0.1, 0.15) is 52.4 Å². The number of hydrogen-bond acceptors (Lipinski definition) is 5. The van der Waals surface area contributed by atoms with Crippen molar-refractivity contribution in [2.24, 2.45) is 11.8 Å². The zero-order chi connectivity index (χ0) is 20.5. The summed E-state index contributed by atoms with van der Waals surface area (Å²) in [6, 6.07) is 11.0. The number of amides is 1. The van der Waals surface area contributed by atoms with Gasteiger partial charge in [0.25, 0.3) is 0 Å². The summed E-state index contributed by atoms with van der Waals surface area (Å²) in [5.74, 6) is 2.31. The normalized spacial score (nSPS) is 15.7. The highest BCUT2D eigenvalue weighted by Crippen LogP contribution is 2.23. The van der Waals surface area contributed by atoms with E-state index in [0.717, 1.165) is 12.2 Å². The molecule has 1 aromatic carbocycles.